The van der Waals surface area contributed by atoms with Crippen molar-refractivity contribution in [2.24, 2.45) is 22.7 Å². The van der Waals surface area contributed by atoms with Gasteiger partial charge in [-0.1, -0.05) is 66.0 Å². The fraction of sp³-hybridized carbons (Fsp3) is 0.594. The zero-order valence-corrected chi connectivity index (χ0v) is 24.0. The van der Waals surface area contributed by atoms with Crippen LogP contribution in [0.2, 0.25) is 0 Å². The Hall–Kier alpha value is -2.97. The third kappa shape index (κ3) is 3.18. The molecule has 2 saturated carbocycles. The van der Waals surface area contributed by atoms with Gasteiger partial charge in [-0.25, -0.2) is 0 Å². The molecule has 4 aliphatic carbocycles. The molecule has 0 spiro atoms. The summed E-state index contributed by atoms with van der Waals surface area (Å²) in [5.74, 6) is -6.69. The molecule has 1 unspecified atom stereocenters. The Labute approximate surface area is 234 Å². The van der Waals surface area contributed by atoms with E-state index in [4.69, 9.17) is 0 Å². The number of fused-ring (bicyclic) bond motifs is 3. The van der Waals surface area contributed by atoms with Crippen LogP contribution in [0.15, 0.2) is 29.0 Å². The van der Waals surface area contributed by atoms with Gasteiger partial charge in [-0.2, -0.15) is 0 Å². The third-order valence-corrected chi connectivity index (χ3v) is 10.9. The van der Waals surface area contributed by atoms with E-state index in [2.05, 4.69) is 0 Å². The van der Waals surface area contributed by atoms with Gasteiger partial charge in [-0.15, -0.1) is 0 Å². The van der Waals surface area contributed by atoms with Crippen molar-refractivity contribution in [2.75, 3.05) is 0 Å². The maximum absolute atomic E-state index is 14.5. The first-order chi connectivity index (χ1) is 18.6. The molecule has 0 heterocycles. The summed E-state index contributed by atoms with van der Waals surface area (Å²) >= 11 is 0. The van der Waals surface area contributed by atoms with Gasteiger partial charge in [-0.05, 0) is 48.6 Å². The van der Waals surface area contributed by atoms with Crippen molar-refractivity contribution in [3.8, 4) is 5.75 Å². The third-order valence-electron chi connectivity index (χ3n) is 10.9. The molecule has 40 heavy (non-hydrogen) atoms. The predicted octanol–water partition coefficient (Wildman–Crippen LogP) is 4.77. The molecule has 0 radical (unpaired) electrons. The number of hydrogen-bond acceptors (Lipinski definition) is 8. The van der Waals surface area contributed by atoms with Crippen LogP contribution in [0, 0.1) is 22.7 Å². The second kappa shape index (κ2) is 9.02. The lowest BCUT2D eigenvalue weighted by atomic mass is 9.40. The summed E-state index contributed by atoms with van der Waals surface area (Å²) in [7, 11) is 0. The van der Waals surface area contributed by atoms with Crippen LogP contribution in [0.1, 0.15) is 102 Å². The molecule has 0 bridgehead atoms. The van der Waals surface area contributed by atoms with E-state index in [9.17, 15) is 39.9 Å². The van der Waals surface area contributed by atoms with E-state index in [1.807, 2.05) is 12.1 Å². The first-order valence-electron chi connectivity index (χ1n) is 14.3. The molecular formula is C32H40O8. The highest BCUT2D eigenvalue weighted by molar-refractivity contribution is 6.24. The van der Waals surface area contributed by atoms with Gasteiger partial charge < -0.3 is 25.5 Å². The molecule has 0 saturated heterocycles. The van der Waals surface area contributed by atoms with Crippen LogP contribution in [0.25, 0.3) is 5.76 Å². The number of allylic oxidation sites excluding steroid dienone is 1. The Bertz CT molecular complexity index is 1400. The molecule has 0 aliphatic heterocycles. The van der Waals surface area contributed by atoms with Gasteiger partial charge >= 0.3 is 0 Å². The number of benzene rings is 1. The summed E-state index contributed by atoms with van der Waals surface area (Å²) in [5.41, 5.74) is -6.02. The number of hydrogen-bond donors (Lipinski definition) is 5. The maximum Gasteiger partial charge on any atom is 0.203 e. The minimum absolute atomic E-state index is 0.0818. The van der Waals surface area contributed by atoms with Crippen LogP contribution in [-0.4, -0.2) is 54.6 Å². The number of aromatic hydroxyl groups is 1. The van der Waals surface area contributed by atoms with Crippen molar-refractivity contribution >= 4 is 23.1 Å². The van der Waals surface area contributed by atoms with Crippen molar-refractivity contribution < 1.29 is 39.9 Å². The Morgan fingerprint density at radius 3 is 2.12 bits per heavy atom. The number of Topliss-reactive ketones (excluding diaryl/α,β-unsaturated/α-hetero) is 3. The molecule has 1 aromatic carbocycles. The van der Waals surface area contributed by atoms with Crippen LogP contribution in [-0.2, 0) is 14.4 Å². The molecule has 4 aliphatic rings. The van der Waals surface area contributed by atoms with Gasteiger partial charge in [0.1, 0.15) is 22.8 Å². The van der Waals surface area contributed by atoms with Gasteiger partial charge in [-0.3, -0.25) is 14.4 Å². The SMILES string of the molecule is CC(=O)C1=C(O)[C@]2(O)C(=O)C3=C(O)c4c(ccc(C5CCCCC5)c4O)[C@@H](C)[C@]3(C)[C@@H](O)[C@]2(C)C(C(C)C)C1=O. The first-order valence-corrected chi connectivity index (χ1v) is 14.3. The Morgan fingerprint density at radius 1 is 1.00 bits per heavy atom. The van der Waals surface area contributed by atoms with Gasteiger partial charge in [0, 0.05) is 16.7 Å². The minimum atomic E-state index is -2.87. The number of phenolic OH excluding ortho intramolecular Hbond substituents is 1. The quantitative estimate of drug-likeness (QED) is 0.336. The summed E-state index contributed by atoms with van der Waals surface area (Å²) in [6.07, 6.45) is 3.34. The van der Waals surface area contributed by atoms with Crippen molar-refractivity contribution in [1.82, 2.24) is 0 Å². The van der Waals surface area contributed by atoms with E-state index >= 15 is 0 Å². The highest BCUT2D eigenvalue weighted by Crippen LogP contribution is 2.67. The van der Waals surface area contributed by atoms with E-state index < -0.39 is 74.7 Å². The average molecular weight is 553 g/mol. The number of aliphatic hydroxyl groups is 4. The standard InChI is InChI=1S/C32H40O8/c1-14(2)22-25(35)20(16(4)33)27(37)32(40)28(38)23-26(36)21-18(15(3)30(23,5)29(39)31(22,32)6)12-13-19(24(21)34)17-10-8-7-9-11-17/h12-15,17,22,29,34,36-37,39-40H,7-11H2,1-6H3/t15-,22?,29-,30+,31+,32+/m1/s1. The summed E-state index contributed by atoms with van der Waals surface area (Å²) < 4.78 is 0. The molecule has 1 aromatic rings. The molecule has 8 nitrogen and oxygen atoms in total. The number of ketones is 3. The van der Waals surface area contributed by atoms with E-state index in [1.165, 1.54) is 6.92 Å². The Kier molecular flexibility index (Phi) is 6.44. The van der Waals surface area contributed by atoms with Crippen molar-refractivity contribution in [1.29, 1.82) is 0 Å². The molecular weight excluding hydrogens is 512 g/mol. The Morgan fingerprint density at radius 2 is 1.57 bits per heavy atom. The fourth-order valence-corrected chi connectivity index (χ4v) is 8.69. The number of phenols is 1. The maximum atomic E-state index is 14.5. The Balaban J connectivity index is 1.83. The largest absolute Gasteiger partial charge is 0.508 e. The molecule has 216 valence electrons. The topological polar surface area (TPSA) is 152 Å². The predicted molar refractivity (Wildman–Crippen MR) is 148 cm³/mol. The van der Waals surface area contributed by atoms with Crippen LogP contribution in [0.3, 0.4) is 0 Å². The van der Waals surface area contributed by atoms with Gasteiger partial charge in [0.15, 0.2) is 17.2 Å². The lowest BCUT2D eigenvalue weighted by molar-refractivity contribution is -0.215. The number of carbonyl (C=O) groups is 3. The summed E-state index contributed by atoms with van der Waals surface area (Å²) in [6.45, 7) is 9.25. The van der Waals surface area contributed by atoms with Crippen molar-refractivity contribution in [3.63, 3.8) is 0 Å². The number of aliphatic hydroxyl groups excluding tert-OH is 3. The summed E-state index contributed by atoms with van der Waals surface area (Å²) in [5, 5.41) is 59.0. The molecule has 5 N–H and O–H groups in total. The lowest BCUT2D eigenvalue weighted by Crippen LogP contribution is -2.75. The van der Waals surface area contributed by atoms with E-state index in [1.54, 1.807) is 27.7 Å². The molecule has 6 atom stereocenters. The highest BCUT2D eigenvalue weighted by atomic mass is 16.4. The second-order valence-electron chi connectivity index (χ2n) is 13.1. The van der Waals surface area contributed by atoms with Crippen LogP contribution in [0.4, 0.5) is 0 Å². The zero-order chi connectivity index (χ0) is 29.7. The summed E-state index contributed by atoms with van der Waals surface area (Å²) in [4.78, 5) is 40.7. The average Bonchev–Trinajstić information content (AvgIpc) is 2.89. The molecule has 0 aromatic heterocycles. The van der Waals surface area contributed by atoms with Gasteiger partial charge in [0.2, 0.25) is 5.78 Å². The zero-order valence-electron chi connectivity index (χ0n) is 24.0. The van der Waals surface area contributed by atoms with Crippen molar-refractivity contribution in [3.05, 3.63) is 45.7 Å². The first kappa shape index (κ1) is 28.6. The molecule has 8 heteroatoms. The fourth-order valence-electron chi connectivity index (χ4n) is 8.69. The van der Waals surface area contributed by atoms with Crippen molar-refractivity contribution in [2.45, 2.75) is 97.2 Å². The monoisotopic (exact) mass is 552 g/mol. The van der Waals surface area contributed by atoms with E-state index in [0.29, 0.717) is 11.1 Å². The van der Waals surface area contributed by atoms with Crippen LogP contribution in [0.5, 0.6) is 5.75 Å². The van der Waals surface area contributed by atoms with Crippen LogP contribution < -0.4 is 0 Å². The van der Waals surface area contributed by atoms with Gasteiger partial charge in [0.05, 0.1) is 17.2 Å². The molecule has 5 rings (SSSR count). The second-order valence-corrected chi connectivity index (χ2v) is 13.1. The molecule has 0 amide bonds. The number of rotatable bonds is 3. The van der Waals surface area contributed by atoms with E-state index in [0.717, 1.165) is 39.0 Å². The highest BCUT2D eigenvalue weighted by Gasteiger charge is 2.77. The summed E-state index contributed by atoms with van der Waals surface area (Å²) in [6, 6.07) is 3.67. The minimum Gasteiger partial charge on any atom is -0.508 e. The molecule has 2 fully saturated rings. The normalized spacial score (nSPS) is 36.5. The van der Waals surface area contributed by atoms with Gasteiger partial charge in [0.25, 0.3) is 0 Å². The number of carbonyl (C=O) groups excluding carboxylic acids is 3. The van der Waals surface area contributed by atoms with E-state index in [-0.39, 0.29) is 22.8 Å². The smallest absolute Gasteiger partial charge is 0.203 e. The lowest BCUT2D eigenvalue weighted by Gasteiger charge is -2.63. The van der Waals surface area contributed by atoms with Crippen LogP contribution >= 0.6 is 0 Å².